The van der Waals surface area contributed by atoms with Crippen LogP contribution in [-0.4, -0.2) is 23.1 Å². The van der Waals surface area contributed by atoms with Crippen molar-refractivity contribution >= 4 is 17.3 Å². The Kier molecular flexibility index (Phi) is 4.46. The monoisotopic (exact) mass is 304 g/mol. The highest BCUT2D eigenvalue weighted by Gasteiger charge is 2.12. The molecule has 0 spiro atoms. The first-order valence-corrected chi connectivity index (χ1v) is 7.51. The minimum absolute atomic E-state index is 0.458. The lowest BCUT2D eigenvalue weighted by Gasteiger charge is -2.21. The molecule has 0 amide bonds. The van der Waals surface area contributed by atoms with Crippen LogP contribution in [0.2, 0.25) is 0 Å². The van der Waals surface area contributed by atoms with E-state index < -0.39 is 11.6 Å². The number of benzene rings is 1. The fourth-order valence-corrected chi connectivity index (χ4v) is 2.61. The molecule has 2 aromatic rings. The zero-order chi connectivity index (χ0) is 15.4. The summed E-state index contributed by atoms with van der Waals surface area (Å²) >= 11 is 0. The molecule has 0 bridgehead atoms. The minimum Gasteiger partial charge on any atom is -0.356 e. The Hall–Kier alpha value is -2.24. The van der Waals surface area contributed by atoms with Gasteiger partial charge in [-0.15, -0.1) is 0 Å². The van der Waals surface area contributed by atoms with E-state index in [1.165, 1.54) is 25.2 Å². The van der Waals surface area contributed by atoms with E-state index in [2.05, 4.69) is 20.2 Å². The molecule has 1 saturated heterocycles. The number of halogens is 2. The molecule has 116 valence electrons. The zero-order valence-corrected chi connectivity index (χ0v) is 12.2. The third-order valence-electron chi connectivity index (χ3n) is 3.77. The number of rotatable bonds is 3. The second kappa shape index (κ2) is 6.68. The van der Waals surface area contributed by atoms with Crippen LogP contribution >= 0.6 is 0 Å². The van der Waals surface area contributed by atoms with E-state index in [9.17, 15) is 8.78 Å². The molecule has 1 aliphatic heterocycles. The molecule has 0 saturated carbocycles. The van der Waals surface area contributed by atoms with E-state index in [4.69, 9.17) is 0 Å². The number of anilines is 3. The molecular formula is C16H18F2N4. The van der Waals surface area contributed by atoms with Gasteiger partial charge >= 0.3 is 0 Å². The Labute approximate surface area is 128 Å². The van der Waals surface area contributed by atoms with E-state index in [0.717, 1.165) is 43.9 Å². The van der Waals surface area contributed by atoms with Gasteiger partial charge in [-0.2, -0.15) is 0 Å². The Morgan fingerprint density at radius 1 is 0.909 bits per heavy atom. The van der Waals surface area contributed by atoms with Crippen LogP contribution < -0.4 is 10.2 Å². The van der Waals surface area contributed by atoms with Crippen molar-refractivity contribution in [3.05, 3.63) is 42.2 Å². The van der Waals surface area contributed by atoms with Gasteiger partial charge in [0.05, 0.1) is 0 Å². The summed E-state index contributed by atoms with van der Waals surface area (Å²) < 4.78 is 26.2. The Morgan fingerprint density at radius 2 is 1.68 bits per heavy atom. The summed E-state index contributed by atoms with van der Waals surface area (Å²) in [7, 11) is 0. The smallest absolute Gasteiger partial charge is 0.160 e. The molecule has 22 heavy (non-hydrogen) atoms. The molecule has 4 nitrogen and oxygen atoms in total. The highest BCUT2D eigenvalue weighted by Crippen LogP contribution is 2.22. The topological polar surface area (TPSA) is 41.0 Å². The van der Waals surface area contributed by atoms with Crippen LogP contribution in [0, 0.1) is 11.6 Å². The molecule has 0 aliphatic carbocycles. The first-order valence-electron chi connectivity index (χ1n) is 7.51. The summed E-state index contributed by atoms with van der Waals surface area (Å²) in [5.41, 5.74) is 0.458. The Bertz CT molecular complexity index is 640. The van der Waals surface area contributed by atoms with Gasteiger partial charge in [0.25, 0.3) is 0 Å². The normalized spacial score (nSPS) is 15.5. The summed E-state index contributed by atoms with van der Waals surface area (Å²) in [6, 6.07) is 5.52. The maximum atomic E-state index is 13.2. The standard InChI is InChI=1S/C16H18F2N4/c17-13-6-5-12(9-14(13)18)21-15-10-16(20-11-19-15)22-7-3-1-2-4-8-22/h5-6,9-11H,1-4,7-8H2,(H,19,20,21). The second-order valence-electron chi connectivity index (χ2n) is 5.42. The fraction of sp³-hybridized carbons (Fsp3) is 0.375. The predicted molar refractivity (Wildman–Crippen MR) is 82.4 cm³/mol. The third kappa shape index (κ3) is 3.50. The lowest BCUT2D eigenvalue weighted by Crippen LogP contribution is -2.25. The number of nitrogens with zero attached hydrogens (tertiary/aromatic N) is 3. The van der Waals surface area contributed by atoms with Gasteiger partial charge in [0.2, 0.25) is 0 Å². The van der Waals surface area contributed by atoms with Gasteiger partial charge in [-0.3, -0.25) is 0 Å². The van der Waals surface area contributed by atoms with E-state index in [-0.39, 0.29) is 0 Å². The maximum Gasteiger partial charge on any atom is 0.160 e. The van der Waals surface area contributed by atoms with Gasteiger partial charge in [0.1, 0.15) is 18.0 Å². The molecule has 3 rings (SSSR count). The summed E-state index contributed by atoms with van der Waals surface area (Å²) in [6.45, 7) is 1.98. The average Bonchev–Trinajstić information content (AvgIpc) is 2.80. The van der Waals surface area contributed by atoms with Crippen LogP contribution in [0.1, 0.15) is 25.7 Å². The van der Waals surface area contributed by atoms with Crippen molar-refractivity contribution in [3.63, 3.8) is 0 Å². The predicted octanol–water partition coefficient (Wildman–Crippen LogP) is 3.88. The lowest BCUT2D eigenvalue weighted by atomic mass is 10.2. The molecule has 1 N–H and O–H groups in total. The van der Waals surface area contributed by atoms with Crippen LogP contribution in [-0.2, 0) is 0 Å². The highest BCUT2D eigenvalue weighted by molar-refractivity contribution is 5.59. The zero-order valence-electron chi connectivity index (χ0n) is 12.2. The van der Waals surface area contributed by atoms with Gasteiger partial charge in [-0.25, -0.2) is 18.7 Å². The van der Waals surface area contributed by atoms with E-state index >= 15 is 0 Å². The molecule has 1 aliphatic rings. The molecule has 0 unspecified atom stereocenters. The summed E-state index contributed by atoms with van der Waals surface area (Å²) in [5, 5.41) is 2.98. The van der Waals surface area contributed by atoms with Gasteiger partial charge in [0.15, 0.2) is 11.6 Å². The summed E-state index contributed by atoms with van der Waals surface area (Å²) in [6.07, 6.45) is 6.32. The molecule has 1 aromatic carbocycles. The molecule has 2 heterocycles. The van der Waals surface area contributed by atoms with Crippen molar-refractivity contribution in [1.82, 2.24) is 9.97 Å². The van der Waals surface area contributed by atoms with Crippen molar-refractivity contribution in [2.45, 2.75) is 25.7 Å². The van der Waals surface area contributed by atoms with Gasteiger partial charge in [0, 0.05) is 30.9 Å². The van der Waals surface area contributed by atoms with Crippen molar-refractivity contribution in [1.29, 1.82) is 0 Å². The molecule has 0 radical (unpaired) electrons. The number of aromatic nitrogens is 2. The first kappa shape index (κ1) is 14.7. The second-order valence-corrected chi connectivity index (χ2v) is 5.42. The van der Waals surface area contributed by atoms with E-state index in [1.807, 2.05) is 6.07 Å². The van der Waals surface area contributed by atoms with Gasteiger partial charge in [-0.05, 0) is 25.0 Å². The van der Waals surface area contributed by atoms with Crippen LogP contribution in [0.4, 0.5) is 26.1 Å². The van der Waals surface area contributed by atoms with Crippen molar-refractivity contribution in [2.24, 2.45) is 0 Å². The van der Waals surface area contributed by atoms with Crippen LogP contribution in [0.15, 0.2) is 30.6 Å². The first-order chi connectivity index (χ1) is 10.7. The molecule has 1 fully saturated rings. The average molecular weight is 304 g/mol. The SMILES string of the molecule is Fc1ccc(Nc2cc(N3CCCCCC3)ncn2)cc1F. The third-order valence-corrected chi connectivity index (χ3v) is 3.77. The summed E-state index contributed by atoms with van der Waals surface area (Å²) in [5.74, 6) is -0.312. The van der Waals surface area contributed by atoms with Crippen LogP contribution in [0.3, 0.4) is 0 Å². The number of nitrogens with one attached hydrogen (secondary N) is 1. The lowest BCUT2D eigenvalue weighted by molar-refractivity contribution is 0.509. The molecular weight excluding hydrogens is 286 g/mol. The van der Waals surface area contributed by atoms with Crippen LogP contribution in [0.25, 0.3) is 0 Å². The van der Waals surface area contributed by atoms with E-state index in [0.29, 0.717) is 11.5 Å². The number of hydrogen-bond acceptors (Lipinski definition) is 4. The van der Waals surface area contributed by atoms with Crippen molar-refractivity contribution in [2.75, 3.05) is 23.3 Å². The molecule has 6 heteroatoms. The molecule has 1 aromatic heterocycles. The summed E-state index contributed by atoms with van der Waals surface area (Å²) in [4.78, 5) is 10.7. The quantitative estimate of drug-likeness (QED) is 0.934. The van der Waals surface area contributed by atoms with Crippen LogP contribution in [0.5, 0.6) is 0 Å². The Balaban J connectivity index is 1.76. The molecule has 0 atom stereocenters. The minimum atomic E-state index is -0.883. The van der Waals surface area contributed by atoms with Gasteiger partial charge in [-0.1, -0.05) is 12.8 Å². The van der Waals surface area contributed by atoms with E-state index in [1.54, 1.807) is 0 Å². The van der Waals surface area contributed by atoms with Crippen molar-refractivity contribution < 1.29 is 8.78 Å². The van der Waals surface area contributed by atoms with Crippen molar-refractivity contribution in [3.8, 4) is 0 Å². The largest absolute Gasteiger partial charge is 0.356 e. The maximum absolute atomic E-state index is 13.2. The number of hydrogen-bond donors (Lipinski definition) is 1. The Morgan fingerprint density at radius 3 is 2.41 bits per heavy atom. The van der Waals surface area contributed by atoms with Gasteiger partial charge < -0.3 is 10.2 Å². The fourth-order valence-electron chi connectivity index (χ4n) is 2.61. The highest BCUT2D eigenvalue weighted by atomic mass is 19.2.